The van der Waals surface area contributed by atoms with Crippen molar-refractivity contribution in [3.05, 3.63) is 10.8 Å². The third-order valence-corrected chi connectivity index (χ3v) is 71.9. The normalized spacial score (nSPS) is 37.8. The molecule has 0 aliphatic carbocycles. The molecule has 3 unspecified atom stereocenters. The zero-order chi connectivity index (χ0) is 28.1. The summed E-state index contributed by atoms with van der Waals surface area (Å²) in [5.74, 6) is -0.756. The Bertz CT molecular complexity index is 833. The molecule has 0 aromatic rings. The first kappa shape index (κ1) is 31.5. The largest absolute Gasteiger partial charge is 0.478 e. The monoisotopic (exact) mass is 584 g/mol. The highest BCUT2D eigenvalue weighted by molar-refractivity contribution is 7.89. The minimum atomic E-state index is -2.76. The van der Waals surface area contributed by atoms with Crippen LogP contribution in [0, 0.1) is 0 Å². The maximum absolute atomic E-state index is 12.9. The molecule has 1 N–H and O–H groups in total. The summed E-state index contributed by atoms with van der Waals surface area (Å²) < 4.78 is 22.6. The van der Waals surface area contributed by atoms with Gasteiger partial charge in [-0.2, -0.15) is 0 Å². The summed E-state index contributed by atoms with van der Waals surface area (Å²) in [7, 11) is -7.54. The van der Waals surface area contributed by atoms with Crippen LogP contribution in [0.2, 0.25) is 37.8 Å². The van der Waals surface area contributed by atoms with Gasteiger partial charge >= 0.3 is 5.97 Å². The predicted molar refractivity (Wildman–Crippen MR) is 163 cm³/mol. The minimum absolute atomic E-state index is 0.185. The van der Waals surface area contributed by atoms with Crippen LogP contribution >= 0.6 is 0 Å². The highest BCUT2D eigenvalue weighted by Crippen LogP contribution is 2.57. The van der Waals surface area contributed by atoms with Crippen molar-refractivity contribution in [2.45, 2.75) is 161 Å². The Morgan fingerprint density at radius 3 is 1.32 bits per heavy atom. The van der Waals surface area contributed by atoms with Crippen LogP contribution in [0.1, 0.15) is 107 Å². The SMILES string of the molecule is CCC/C(=C(/C)C(=O)O)[Si]([Si]1(C)CCCC(C)(C)O1)([Si]1(C)CCCC(C)(C)O1)[Si]1(C)CCCC(C)(C)O1. The third kappa shape index (κ3) is 5.61. The second kappa shape index (κ2) is 10.4. The lowest BCUT2D eigenvalue weighted by atomic mass is 10.0. The van der Waals surface area contributed by atoms with E-state index in [1.165, 1.54) is 5.20 Å². The van der Waals surface area contributed by atoms with E-state index in [-0.39, 0.29) is 16.8 Å². The molecule has 3 aliphatic heterocycles. The maximum atomic E-state index is 12.9. The predicted octanol–water partition coefficient (Wildman–Crippen LogP) is 7.90. The smallest absolute Gasteiger partial charge is 0.330 e. The van der Waals surface area contributed by atoms with Gasteiger partial charge in [-0.1, -0.05) is 37.8 Å². The van der Waals surface area contributed by atoms with Crippen molar-refractivity contribution < 1.29 is 23.2 Å². The molecule has 3 fully saturated rings. The first-order valence-electron chi connectivity index (χ1n) is 14.8. The number of aliphatic carboxylic acids is 1. The molecule has 3 atom stereocenters. The standard InChI is InChI=1S/C28H56O5Si4/c1-12-16-24(23(2)25(29)30)37(34(9)20-13-17-26(3,4)31-34,35(10)21-14-18-27(5,6)32-35)36(11)22-15-19-28(7,8)33-36/h12-22H2,1-11H3,(H,29,30)/b24-23+. The molecule has 0 bridgehead atoms. The van der Waals surface area contributed by atoms with Gasteiger partial charge in [0.05, 0.1) is 16.8 Å². The van der Waals surface area contributed by atoms with E-state index >= 15 is 0 Å². The van der Waals surface area contributed by atoms with Gasteiger partial charge in [0.2, 0.25) is 0 Å². The summed E-state index contributed by atoms with van der Waals surface area (Å²) in [5, 5.41) is 11.9. The zero-order valence-electron chi connectivity index (χ0n) is 25.9. The van der Waals surface area contributed by atoms with Crippen LogP contribution in [0.4, 0.5) is 0 Å². The first-order chi connectivity index (χ1) is 16.8. The van der Waals surface area contributed by atoms with Crippen LogP contribution in [0.25, 0.3) is 0 Å². The van der Waals surface area contributed by atoms with Crippen molar-refractivity contribution in [1.82, 2.24) is 0 Å². The Morgan fingerprint density at radius 2 is 1.08 bits per heavy atom. The van der Waals surface area contributed by atoms with E-state index in [0.717, 1.165) is 69.5 Å². The van der Waals surface area contributed by atoms with E-state index < -0.39 is 36.1 Å². The Kier molecular flexibility index (Phi) is 8.86. The molecule has 0 aromatic carbocycles. The molecule has 37 heavy (non-hydrogen) atoms. The van der Waals surface area contributed by atoms with E-state index in [2.05, 4.69) is 68.1 Å². The molecule has 0 amide bonds. The molecular formula is C28H56O5Si4. The molecule has 0 saturated carbocycles. The van der Waals surface area contributed by atoms with Crippen LogP contribution in [-0.2, 0) is 18.1 Å². The Morgan fingerprint density at radius 1 is 0.757 bits per heavy atom. The number of hydrogen-bond acceptors (Lipinski definition) is 4. The van der Waals surface area contributed by atoms with E-state index in [4.69, 9.17) is 13.3 Å². The molecule has 0 aromatic heterocycles. The van der Waals surface area contributed by atoms with E-state index in [1.807, 2.05) is 6.92 Å². The first-order valence-corrected chi connectivity index (χ1v) is 27.7. The van der Waals surface area contributed by atoms with Gasteiger partial charge in [0.1, 0.15) is 0 Å². The quantitative estimate of drug-likeness (QED) is 0.243. The highest BCUT2D eigenvalue weighted by Gasteiger charge is 2.79. The molecule has 9 heteroatoms. The Hall–Kier alpha value is -0.0425. The fourth-order valence-electron chi connectivity index (χ4n) is 9.15. The summed E-state index contributed by atoms with van der Waals surface area (Å²) in [5.41, 5.74) is 0.0391. The van der Waals surface area contributed by atoms with Crippen molar-refractivity contribution in [1.29, 1.82) is 0 Å². The molecule has 3 aliphatic rings. The lowest BCUT2D eigenvalue weighted by molar-refractivity contribution is -0.132. The lowest BCUT2D eigenvalue weighted by Gasteiger charge is -2.67. The summed E-state index contributed by atoms with van der Waals surface area (Å²) in [4.78, 5) is 12.9. The number of carboxylic acid groups (broad SMARTS) is 1. The van der Waals surface area contributed by atoms with Crippen LogP contribution in [0.5, 0.6) is 0 Å². The lowest BCUT2D eigenvalue weighted by Crippen LogP contribution is -2.92. The summed E-state index contributed by atoms with van der Waals surface area (Å²) in [6.45, 7) is 22.6. The number of carbonyl (C=O) groups is 1. The van der Waals surface area contributed by atoms with E-state index in [0.29, 0.717) is 5.57 Å². The van der Waals surface area contributed by atoms with Gasteiger partial charge in [0.25, 0.3) is 0 Å². The van der Waals surface area contributed by atoms with E-state index in [1.54, 1.807) is 0 Å². The van der Waals surface area contributed by atoms with Crippen molar-refractivity contribution in [3.63, 3.8) is 0 Å². The zero-order valence-corrected chi connectivity index (χ0v) is 29.9. The molecule has 0 radical (unpaired) electrons. The molecule has 214 valence electrons. The van der Waals surface area contributed by atoms with Gasteiger partial charge in [-0.15, -0.1) is 0 Å². The number of rotatable bonds is 7. The molecule has 5 nitrogen and oxygen atoms in total. The van der Waals surface area contributed by atoms with Gasteiger partial charge in [-0.05, 0) is 112 Å². The second-order valence-electron chi connectivity index (χ2n) is 14.7. The number of allylic oxidation sites excluding steroid dienone is 1. The average Bonchev–Trinajstić information content (AvgIpc) is 2.69. The third-order valence-electron chi connectivity index (χ3n) is 9.91. The summed E-state index contributed by atoms with van der Waals surface area (Å²) in [6, 6.07) is 3.34. The van der Waals surface area contributed by atoms with Crippen LogP contribution < -0.4 is 0 Å². The molecular weight excluding hydrogens is 529 g/mol. The summed E-state index contributed by atoms with van der Waals surface area (Å²) >= 11 is 0. The van der Waals surface area contributed by atoms with Gasteiger partial charge in [0, 0.05) is 5.57 Å². The Balaban J connectivity index is 2.53. The molecule has 3 saturated heterocycles. The maximum Gasteiger partial charge on any atom is 0.330 e. The second-order valence-corrected chi connectivity index (χ2v) is 47.1. The van der Waals surface area contributed by atoms with Crippen LogP contribution in [0.3, 0.4) is 0 Å². The highest BCUT2D eigenvalue weighted by atomic mass is 29.9. The van der Waals surface area contributed by atoms with Crippen molar-refractivity contribution in [2.24, 2.45) is 0 Å². The van der Waals surface area contributed by atoms with Gasteiger partial charge < -0.3 is 18.4 Å². The van der Waals surface area contributed by atoms with Crippen molar-refractivity contribution in [3.8, 4) is 0 Å². The molecule has 3 heterocycles. The fourth-order valence-corrected chi connectivity index (χ4v) is 91.3. The minimum Gasteiger partial charge on any atom is -0.478 e. The van der Waals surface area contributed by atoms with Gasteiger partial charge in [-0.3, -0.25) is 0 Å². The topological polar surface area (TPSA) is 65.0 Å². The Labute approximate surface area is 230 Å². The fraction of sp³-hybridized carbons (Fsp3) is 0.893. The van der Waals surface area contributed by atoms with Gasteiger partial charge in [0.15, 0.2) is 30.1 Å². The average molecular weight is 585 g/mol. The van der Waals surface area contributed by atoms with Gasteiger partial charge in [-0.25, -0.2) is 4.79 Å². The number of carboxylic acids is 1. The van der Waals surface area contributed by atoms with Crippen molar-refractivity contribution in [2.75, 3.05) is 0 Å². The van der Waals surface area contributed by atoms with Crippen LogP contribution in [-0.4, -0.2) is 58.0 Å². The number of hydrogen-bond donors (Lipinski definition) is 1. The van der Waals surface area contributed by atoms with Crippen LogP contribution in [0.15, 0.2) is 10.8 Å². The summed E-state index contributed by atoms with van der Waals surface area (Å²) in [6.07, 6.45) is 8.49. The molecule has 3 rings (SSSR count). The van der Waals surface area contributed by atoms with E-state index in [9.17, 15) is 9.90 Å². The molecule has 0 spiro atoms. The van der Waals surface area contributed by atoms with Crippen molar-refractivity contribution >= 4 is 36.1 Å².